The summed E-state index contributed by atoms with van der Waals surface area (Å²) in [5.74, 6) is -2.47. The number of rotatable bonds is 36. The first kappa shape index (κ1) is 50.9. The fraction of sp³-hybridized carbons (Fsp3) is 0.643. The predicted octanol–water partition coefficient (Wildman–Crippen LogP) is 9.77. The molecular formula is C42H70NO10P. The number of allylic oxidation sites excluding steroid dienone is 12. The van der Waals surface area contributed by atoms with Crippen LogP contribution in [0.1, 0.15) is 142 Å². The third-order valence-corrected chi connectivity index (χ3v) is 8.90. The van der Waals surface area contributed by atoms with E-state index < -0.39 is 57.6 Å². The van der Waals surface area contributed by atoms with Gasteiger partial charge in [0.2, 0.25) is 5.91 Å². The summed E-state index contributed by atoms with van der Waals surface area (Å²) in [7, 11) is -4.77. The van der Waals surface area contributed by atoms with Crippen molar-refractivity contribution in [2.75, 3.05) is 19.8 Å². The topological polar surface area (TPSA) is 169 Å². The molecule has 0 aliphatic rings. The van der Waals surface area contributed by atoms with Gasteiger partial charge in [-0.2, -0.15) is 0 Å². The SMILES string of the molecule is CCC/C=C\C/C=C\CCCCCCCC(=O)NC(COP(=O)(O)OCC(O)COC(=O)CCC/C=C\C/C=C\C/C=C\C/C=C\CCCCC)C(=O)O. The number of carbonyl (C=O) groups is 3. The van der Waals surface area contributed by atoms with Crippen molar-refractivity contribution in [2.24, 2.45) is 0 Å². The quantitative estimate of drug-likeness (QED) is 0.0208. The Morgan fingerprint density at radius 2 is 1.07 bits per heavy atom. The van der Waals surface area contributed by atoms with Crippen LogP contribution in [-0.4, -0.2) is 64.9 Å². The fourth-order valence-electron chi connectivity index (χ4n) is 4.81. The molecule has 54 heavy (non-hydrogen) atoms. The van der Waals surface area contributed by atoms with Crippen LogP contribution in [0.5, 0.6) is 0 Å². The van der Waals surface area contributed by atoms with Crippen LogP contribution in [0.2, 0.25) is 0 Å². The molecule has 4 N–H and O–H groups in total. The summed E-state index contributed by atoms with van der Waals surface area (Å²) in [6.07, 6.45) is 42.2. The first-order valence-corrected chi connectivity index (χ1v) is 21.5. The maximum absolute atomic E-state index is 12.2. The zero-order chi connectivity index (χ0) is 40.0. The molecule has 0 aromatic rings. The number of aliphatic hydroxyl groups excluding tert-OH is 1. The van der Waals surface area contributed by atoms with Crippen molar-refractivity contribution in [2.45, 2.75) is 154 Å². The van der Waals surface area contributed by atoms with E-state index in [4.69, 9.17) is 13.8 Å². The third-order valence-electron chi connectivity index (χ3n) is 7.95. The van der Waals surface area contributed by atoms with Gasteiger partial charge in [0.15, 0.2) is 6.04 Å². The van der Waals surface area contributed by atoms with Crippen molar-refractivity contribution < 1.29 is 47.8 Å². The molecule has 0 saturated heterocycles. The molecule has 308 valence electrons. The number of hydrogen-bond acceptors (Lipinski definition) is 8. The third kappa shape index (κ3) is 35.9. The molecule has 0 spiro atoms. The van der Waals surface area contributed by atoms with E-state index in [9.17, 15) is 34.1 Å². The van der Waals surface area contributed by atoms with Crippen LogP contribution in [0.15, 0.2) is 72.9 Å². The molecule has 0 aromatic heterocycles. The molecule has 0 fully saturated rings. The number of aliphatic hydroxyl groups is 1. The lowest BCUT2D eigenvalue weighted by molar-refractivity contribution is -0.147. The zero-order valence-electron chi connectivity index (χ0n) is 33.0. The second-order valence-electron chi connectivity index (χ2n) is 13.1. The minimum atomic E-state index is -4.77. The van der Waals surface area contributed by atoms with Gasteiger partial charge in [-0.15, -0.1) is 0 Å². The van der Waals surface area contributed by atoms with Crippen molar-refractivity contribution in [3.63, 3.8) is 0 Å². The Morgan fingerprint density at radius 3 is 1.63 bits per heavy atom. The molecule has 0 aliphatic carbocycles. The van der Waals surface area contributed by atoms with Crippen LogP contribution >= 0.6 is 7.82 Å². The first-order valence-electron chi connectivity index (χ1n) is 20.0. The summed E-state index contributed by atoms with van der Waals surface area (Å²) in [4.78, 5) is 45.7. The highest BCUT2D eigenvalue weighted by atomic mass is 31.2. The Kier molecular flexibility index (Phi) is 34.8. The largest absolute Gasteiger partial charge is 0.480 e. The molecule has 12 heteroatoms. The number of phosphoric acid groups is 1. The lowest BCUT2D eigenvalue weighted by Gasteiger charge is -2.18. The molecule has 11 nitrogen and oxygen atoms in total. The number of amides is 1. The van der Waals surface area contributed by atoms with Crippen molar-refractivity contribution >= 4 is 25.7 Å². The van der Waals surface area contributed by atoms with Gasteiger partial charge in [0, 0.05) is 12.8 Å². The van der Waals surface area contributed by atoms with Crippen molar-refractivity contribution in [3.05, 3.63) is 72.9 Å². The van der Waals surface area contributed by atoms with Crippen molar-refractivity contribution in [1.82, 2.24) is 5.32 Å². The molecule has 0 aliphatic heterocycles. The van der Waals surface area contributed by atoms with Crippen molar-refractivity contribution in [3.8, 4) is 0 Å². The normalized spacial score (nSPS) is 14.6. The number of unbranched alkanes of at least 4 members (excludes halogenated alkanes) is 10. The minimum absolute atomic E-state index is 0.122. The second-order valence-corrected chi connectivity index (χ2v) is 14.6. The predicted molar refractivity (Wildman–Crippen MR) is 217 cm³/mol. The van der Waals surface area contributed by atoms with Crippen LogP contribution in [0, 0.1) is 0 Å². The summed E-state index contributed by atoms with van der Waals surface area (Å²) in [6, 6.07) is -1.56. The Bertz CT molecular complexity index is 1190. The smallest absolute Gasteiger partial charge is 0.472 e. The second kappa shape index (κ2) is 36.9. The number of hydrogen-bond donors (Lipinski definition) is 4. The standard InChI is InChI=1S/C42H70NO10P/c1-3-5-7-9-11-13-15-17-18-19-20-22-24-26-28-30-32-34-41(46)51-35-38(44)36-52-54(49,50)53-37-39(42(47)48)43-40(45)33-31-29-27-25-23-21-16-14-12-10-8-6-4-2/h8,10-11,13-14,16-18,20,22,26,28,38-39,44H,3-7,9,12,15,19,21,23-25,27,29-37H2,1-2H3,(H,43,45)(H,47,48)(H,49,50)/b10-8-,13-11-,16-14-,18-17-,22-20-,28-26-. The van der Waals surface area contributed by atoms with Crippen LogP contribution in [0.25, 0.3) is 0 Å². The average Bonchev–Trinajstić information content (AvgIpc) is 3.14. The average molecular weight is 780 g/mol. The van der Waals surface area contributed by atoms with Crippen LogP contribution < -0.4 is 5.32 Å². The number of ether oxygens (including phenoxy) is 1. The summed E-state index contributed by atoms with van der Waals surface area (Å²) >= 11 is 0. The van der Waals surface area contributed by atoms with Crippen LogP contribution in [0.3, 0.4) is 0 Å². The molecular weight excluding hydrogens is 709 g/mol. The van der Waals surface area contributed by atoms with E-state index in [0.717, 1.165) is 77.0 Å². The van der Waals surface area contributed by atoms with E-state index in [1.54, 1.807) is 0 Å². The highest BCUT2D eigenvalue weighted by Gasteiger charge is 2.28. The van der Waals surface area contributed by atoms with Gasteiger partial charge in [-0.25, -0.2) is 9.36 Å². The van der Waals surface area contributed by atoms with E-state index in [1.807, 2.05) is 12.2 Å². The van der Waals surface area contributed by atoms with E-state index in [-0.39, 0.29) is 12.8 Å². The number of carbonyl (C=O) groups excluding carboxylic acids is 2. The molecule has 1 amide bonds. The van der Waals surface area contributed by atoms with E-state index in [0.29, 0.717) is 19.3 Å². The zero-order valence-corrected chi connectivity index (χ0v) is 33.9. The van der Waals surface area contributed by atoms with Crippen LogP contribution in [-0.2, 0) is 32.7 Å². The number of carboxylic acids is 1. The Balaban J connectivity index is 4.05. The molecule has 0 radical (unpaired) electrons. The summed E-state index contributed by atoms with van der Waals surface area (Å²) < 4.78 is 26.7. The summed E-state index contributed by atoms with van der Waals surface area (Å²) in [6.45, 7) is 2.40. The summed E-state index contributed by atoms with van der Waals surface area (Å²) in [5.41, 5.74) is 0. The molecule has 0 saturated carbocycles. The number of aliphatic carboxylic acids is 1. The maximum Gasteiger partial charge on any atom is 0.472 e. The lowest BCUT2D eigenvalue weighted by Crippen LogP contribution is -2.43. The number of nitrogens with one attached hydrogen (secondary N) is 1. The molecule has 0 aromatic carbocycles. The molecule has 0 rings (SSSR count). The van der Waals surface area contributed by atoms with Gasteiger partial charge in [0.25, 0.3) is 0 Å². The molecule has 3 unspecified atom stereocenters. The molecule has 0 heterocycles. The van der Waals surface area contributed by atoms with Crippen molar-refractivity contribution in [1.29, 1.82) is 0 Å². The van der Waals surface area contributed by atoms with Gasteiger partial charge < -0.3 is 25.2 Å². The van der Waals surface area contributed by atoms with Gasteiger partial charge >= 0.3 is 19.8 Å². The van der Waals surface area contributed by atoms with E-state index in [2.05, 4.69) is 79.9 Å². The Labute approximate surface area is 325 Å². The minimum Gasteiger partial charge on any atom is -0.480 e. The van der Waals surface area contributed by atoms with Gasteiger partial charge in [-0.1, -0.05) is 125 Å². The number of esters is 1. The number of phosphoric ester groups is 1. The van der Waals surface area contributed by atoms with Gasteiger partial charge in [0.05, 0.1) is 13.2 Å². The lowest BCUT2D eigenvalue weighted by atomic mass is 10.1. The molecule has 3 atom stereocenters. The fourth-order valence-corrected chi connectivity index (χ4v) is 5.59. The van der Waals surface area contributed by atoms with E-state index >= 15 is 0 Å². The highest BCUT2D eigenvalue weighted by molar-refractivity contribution is 7.47. The Morgan fingerprint density at radius 1 is 0.593 bits per heavy atom. The monoisotopic (exact) mass is 779 g/mol. The summed E-state index contributed by atoms with van der Waals surface area (Å²) in [5, 5.41) is 21.7. The van der Waals surface area contributed by atoms with E-state index in [1.165, 1.54) is 19.3 Å². The first-order chi connectivity index (χ1) is 26.1. The van der Waals surface area contributed by atoms with Crippen LogP contribution in [0.4, 0.5) is 0 Å². The van der Waals surface area contributed by atoms with Gasteiger partial charge in [-0.05, 0) is 77.0 Å². The Hall–Kier alpha value is -3.08. The van der Waals surface area contributed by atoms with Gasteiger partial charge in [0.1, 0.15) is 12.7 Å². The molecule has 0 bridgehead atoms. The highest BCUT2D eigenvalue weighted by Crippen LogP contribution is 2.43. The maximum atomic E-state index is 12.2. The number of carboxylic acid groups (broad SMARTS) is 1. The van der Waals surface area contributed by atoms with Gasteiger partial charge in [-0.3, -0.25) is 18.6 Å².